The summed E-state index contributed by atoms with van der Waals surface area (Å²) in [4.78, 5) is 11.8. The monoisotopic (exact) mass is 250 g/mol. The zero-order chi connectivity index (χ0) is 13.4. The molecule has 0 spiro atoms. The Morgan fingerprint density at radius 2 is 2.06 bits per heavy atom. The Hall–Kier alpha value is -1.55. The Morgan fingerprint density at radius 1 is 1.39 bits per heavy atom. The average molecular weight is 250 g/mol. The van der Waals surface area contributed by atoms with E-state index in [0.29, 0.717) is 31.2 Å². The van der Waals surface area contributed by atoms with Crippen LogP contribution in [-0.2, 0) is 0 Å². The van der Waals surface area contributed by atoms with Crippen molar-refractivity contribution in [2.24, 2.45) is 11.7 Å². The largest absolute Gasteiger partial charge is 0.494 e. The number of hydrogen-bond acceptors (Lipinski definition) is 3. The van der Waals surface area contributed by atoms with Crippen LogP contribution in [0.3, 0.4) is 0 Å². The number of amides is 1. The van der Waals surface area contributed by atoms with Gasteiger partial charge in [0.2, 0.25) is 0 Å². The lowest BCUT2D eigenvalue weighted by molar-refractivity contribution is 0.0947. The Bertz CT molecular complexity index is 363. The van der Waals surface area contributed by atoms with Crippen LogP contribution in [0.5, 0.6) is 5.75 Å². The minimum absolute atomic E-state index is 0.0538. The smallest absolute Gasteiger partial charge is 0.251 e. The summed E-state index contributed by atoms with van der Waals surface area (Å²) in [5.41, 5.74) is 6.12. The van der Waals surface area contributed by atoms with Crippen LogP contribution in [0.1, 0.15) is 30.6 Å². The molecule has 0 saturated heterocycles. The second kappa shape index (κ2) is 7.71. The van der Waals surface area contributed by atoms with Crippen molar-refractivity contribution in [2.75, 3.05) is 19.7 Å². The van der Waals surface area contributed by atoms with E-state index in [0.717, 1.165) is 12.2 Å². The lowest BCUT2D eigenvalue weighted by Gasteiger charge is -2.11. The number of carbonyl (C=O) groups is 1. The quantitative estimate of drug-likeness (QED) is 0.775. The average Bonchev–Trinajstić information content (AvgIpc) is 2.37. The molecule has 4 heteroatoms. The Labute approximate surface area is 109 Å². The van der Waals surface area contributed by atoms with Gasteiger partial charge < -0.3 is 15.8 Å². The van der Waals surface area contributed by atoms with Crippen molar-refractivity contribution in [1.82, 2.24) is 5.32 Å². The number of rotatable bonds is 7. The second-order valence-corrected chi connectivity index (χ2v) is 4.35. The van der Waals surface area contributed by atoms with Crippen LogP contribution >= 0.6 is 0 Å². The molecule has 0 radical (unpaired) electrons. The SMILES string of the molecule is CCOc1ccc(C(=O)NCC(C)CCN)cc1. The van der Waals surface area contributed by atoms with Crippen LogP contribution in [0.15, 0.2) is 24.3 Å². The summed E-state index contributed by atoms with van der Waals surface area (Å²) in [6.45, 7) is 5.94. The van der Waals surface area contributed by atoms with E-state index >= 15 is 0 Å². The molecule has 1 atom stereocenters. The molecule has 100 valence electrons. The highest BCUT2D eigenvalue weighted by molar-refractivity contribution is 5.94. The number of ether oxygens (including phenoxy) is 1. The van der Waals surface area contributed by atoms with Crippen LogP contribution in [0.25, 0.3) is 0 Å². The molecular formula is C14H22N2O2. The van der Waals surface area contributed by atoms with Gasteiger partial charge in [0.1, 0.15) is 5.75 Å². The van der Waals surface area contributed by atoms with Crippen LogP contribution in [-0.4, -0.2) is 25.6 Å². The highest BCUT2D eigenvalue weighted by Crippen LogP contribution is 2.12. The Kier molecular flexibility index (Phi) is 6.22. The van der Waals surface area contributed by atoms with E-state index in [9.17, 15) is 4.79 Å². The maximum absolute atomic E-state index is 11.8. The fourth-order valence-electron chi connectivity index (χ4n) is 1.62. The topological polar surface area (TPSA) is 64.3 Å². The molecule has 1 aromatic rings. The van der Waals surface area contributed by atoms with Crippen LogP contribution in [0.4, 0.5) is 0 Å². The van der Waals surface area contributed by atoms with Crippen LogP contribution in [0, 0.1) is 5.92 Å². The van der Waals surface area contributed by atoms with Gasteiger partial charge in [0.15, 0.2) is 0 Å². The highest BCUT2D eigenvalue weighted by Gasteiger charge is 2.07. The fraction of sp³-hybridized carbons (Fsp3) is 0.500. The lowest BCUT2D eigenvalue weighted by atomic mass is 10.1. The normalized spacial score (nSPS) is 11.9. The molecule has 0 bridgehead atoms. The summed E-state index contributed by atoms with van der Waals surface area (Å²) in [5, 5.41) is 2.90. The maximum atomic E-state index is 11.8. The first-order valence-corrected chi connectivity index (χ1v) is 6.38. The molecule has 0 aliphatic heterocycles. The molecule has 1 amide bonds. The molecule has 1 aromatic carbocycles. The van der Waals surface area contributed by atoms with Crippen molar-refractivity contribution in [3.63, 3.8) is 0 Å². The summed E-state index contributed by atoms with van der Waals surface area (Å²) >= 11 is 0. The van der Waals surface area contributed by atoms with E-state index in [1.54, 1.807) is 12.1 Å². The van der Waals surface area contributed by atoms with Gasteiger partial charge in [-0.05, 0) is 50.1 Å². The third kappa shape index (κ3) is 4.75. The fourth-order valence-corrected chi connectivity index (χ4v) is 1.62. The van der Waals surface area contributed by atoms with Gasteiger partial charge >= 0.3 is 0 Å². The third-order valence-electron chi connectivity index (χ3n) is 2.70. The van der Waals surface area contributed by atoms with Gasteiger partial charge in [-0.2, -0.15) is 0 Å². The summed E-state index contributed by atoms with van der Waals surface area (Å²) in [6.07, 6.45) is 0.920. The molecule has 0 saturated carbocycles. The van der Waals surface area contributed by atoms with E-state index in [2.05, 4.69) is 12.2 Å². The Morgan fingerprint density at radius 3 is 2.61 bits per heavy atom. The third-order valence-corrected chi connectivity index (χ3v) is 2.70. The van der Waals surface area contributed by atoms with Crippen molar-refractivity contribution in [2.45, 2.75) is 20.3 Å². The van der Waals surface area contributed by atoms with Crippen molar-refractivity contribution in [3.8, 4) is 5.75 Å². The van der Waals surface area contributed by atoms with Crippen molar-refractivity contribution < 1.29 is 9.53 Å². The molecule has 1 unspecified atom stereocenters. The zero-order valence-electron chi connectivity index (χ0n) is 11.1. The van der Waals surface area contributed by atoms with E-state index in [4.69, 9.17) is 10.5 Å². The number of nitrogens with two attached hydrogens (primary N) is 1. The molecule has 0 aromatic heterocycles. The van der Waals surface area contributed by atoms with Gasteiger partial charge in [0.05, 0.1) is 6.61 Å². The van der Waals surface area contributed by atoms with Gasteiger partial charge in [0, 0.05) is 12.1 Å². The maximum Gasteiger partial charge on any atom is 0.251 e. The molecule has 0 aliphatic rings. The van der Waals surface area contributed by atoms with Gasteiger partial charge in [-0.25, -0.2) is 0 Å². The van der Waals surface area contributed by atoms with Crippen LogP contribution in [0.2, 0.25) is 0 Å². The number of hydrogen-bond donors (Lipinski definition) is 2. The number of carbonyl (C=O) groups excluding carboxylic acids is 1. The van der Waals surface area contributed by atoms with Crippen LogP contribution < -0.4 is 15.8 Å². The van der Waals surface area contributed by atoms with Gasteiger partial charge in [-0.3, -0.25) is 4.79 Å². The van der Waals surface area contributed by atoms with E-state index < -0.39 is 0 Å². The lowest BCUT2D eigenvalue weighted by Crippen LogP contribution is -2.29. The molecule has 4 nitrogen and oxygen atoms in total. The zero-order valence-corrected chi connectivity index (χ0v) is 11.1. The first-order chi connectivity index (χ1) is 8.67. The van der Waals surface area contributed by atoms with Gasteiger partial charge in [-0.15, -0.1) is 0 Å². The predicted octanol–water partition coefficient (Wildman–Crippen LogP) is 1.80. The predicted molar refractivity (Wildman–Crippen MR) is 72.8 cm³/mol. The van der Waals surface area contributed by atoms with E-state index in [1.807, 2.05) is 19.1 Å². The molecule has 18 heavy (non-hydrogen) atoms. The van der Waals surface area contributed by atoms with E-state index in [1.165, 1.54) is 0 Å². The molecule has 0 heterocycles. The summed E-state index contributed by atoms with van der Waals surface area (Å²) in [7, 11) is 0. The highest BCUT2D eigenvalue weighted by atomic mass is 16.5. The molecule has 3 N–H and O–H groups in total. The summed E-state index contributed by atoms with van der Waals surface area (Å²) in [6, 6.07) is 7.16. The minimum atomic E-state index is -0.0538. The van der Waals surface area contributed by atoms with Crippen molar-refractivity contribution >= 4 is 5.91 Å². The minimum Gasteiger partial charge on any atom is -0.494 e. The van der Waals surface area contributed by atoms with Gasteiger partial charge in [-0.1, -0.05) is 6.92 Å². The summed E-state index contributed by atoms with van der Waals surface area (Å²) < 4.78 is 5.33. The standard InChI is InChI=1S/C14H22N2O2/c1-3-18-13-6-4-12(5-7-13)14(17)16-10-11(2)8-9-15/h4-7,11H,3,8-10,15H2,1-2H3,(H,16,17). The Balaban J connectivity index is 2.46. The van der Waals surface area contributed by atoms with Crippen molar-refractivity contribution in [1.29, 1.82) is 0 Å². The summed E-state index contributed by atoms with van der Waals surface area (Å²) in [5.74, 6) is 1.13. The number of benzene rings is 1. The van der Waals surface area contributed by atoms with Crippen molar-refractivity contribution in [3.05, 3.63) is 29.8 Å². The molecule has 0 fully saturated rings. The second-order valence-electron chi connectivity index (χ2n) is 4.35. The first kappa shape index (κ1) is 14.5. The molecule has 0 aliphatic carbocycles. The molecule has 1 rings (SSSR count). The van der Waals surface area contributed by atoms with E-state index in [-0.39, 0.29) is 5.91 Å². The first-order valence-electron chi connectivity index (χ1n) is 6.38. The molecular weight excluding hydrogens is 228 g/mol. The number of nitrogens with one attached hydrogen (secondary N) is 1. The van der Waals surface area contributed by atoms with Gasteiger partial charge in [0.25, 0.3) is 5.91 Å².